The van der Waals surface area contributed by atoms with Crippen molar-refractivity contribution in [3.05, 3.63) is 65.2 Å². The Morgan fingerprint density at radius 3 is 2.58 bits per heavy atom. The van der Waals surface area contributed by atoms with Gasteiger partial charge in [-0.1, -0.05) is 11.6 Å². The van der Waals surface area contributed by atoms with Gasteiger partial charge in [-0.3, -0.25) is 14.8 Å². The fourth-order valence-electron chi connectivity index (χ4n) is 2.20. The number of anilines is 1. The van der Waals surface area contributed by atoms with Crippen molar-refractivity contribution >= 4 is 40.2 Å². The minimum Gasteiger partial charge on any atom is -0.449 e. The average Bonchev–Trinajstić information content (AvgIpc) is 2.63. The van der Waals surface area contributed by atoms with Crippen molar-refractivity contribution in [1.82, 2.24) is 9.97 Å². The fourth-order valence-corrected chi connectivity index (χ4v) is 2.36. The van der Waals surface area contributed by atoms with Crippen LogP contribution >= 0.6 is 11.6 Å². The first-order valence-electron chi connectivity index (χ1n) is 7.62. The van der Waals surface area contributed by atoms with E-state index in [1.165, 1.54) is 37.4 Å². The summed E-state index contributed by atoms with van der Waals surface area (Å²) in [6.07, 6.45) is 1.92. The molecule has 0 saturated carbocycles. The summed E-state index contributed by atoms with van der Waals surface area (Å²) < 4.78 is 18.9. The van der Waals surface area contributed by atoms with Gasteiger partial charge in [0.1, 0.15) is 5.82 Å². The second-order valence-electron chi connectivity index (χ2n) is 5.42. The van der Waals surface area contributed by atoms with E-state index in [4.69, 9.17) is 16.3 Å². The average molecular weight is 374 g/mol. The summed E-state index contributed by atoms with van der Waals surface area (Å²) in [5.74, 6) is -2.05. The van der Waals surface area contributed by atoms with Crippen LogP contribution in [-0.2, 0) is 9.53 Å². The Balaban J connectivity index is 1.68. The van der Waals surface area contributed by atoms with E-state index >= 15 is 0 Å². The Hall–Kier alpha value is -3.06. The molecule has 0 aliphatic rings. The monoisotopic (exact) mass is 373 g/mol. The highest BCUT2D eigenvalue weighted by molar-refractivity contribution is 6.30. The Kier molecular flexibility index (Phi) is 5.09. The van der Waals surface area contributed by atoms with Crippen LogP contribution in [-0.4, -0.2) is 27.9 Å². The summed E-state index contributed by atoms with van der Waals surface area (Å²) in [5.41, 5.74) is 1.34. The molecule has 0 radical (unpaired) electrons. The third-order valence-corrected chi connectivity index (χ3v) is 3.78. The maximum atomic E-state index is 13.7. The van der Waals surface area contributed by atoms with E-state index in [-0.39, 0.29) is 16.3 Å². The molecule has 0 unspecified atom stereocenters. The largest absolute Gasteiger partial charge is 0.449 e. The number of esters is 1. The van der Waals surface area contributed by atoms with Crippen molar-refractivity contribution in [2.45, 2.75) is 13.0 Å². The maximum absolute atomic E-state index is 13.7. The van der Waals surface area contributed by atoms with Crippen molar-refractivity contribution in [1.29, 1.82) is 0 Å². The molecule has 3 aromatic rings. The standard InChI is InChI=1S/C18H13ClFN3O3/c1-10(17(24)23-14-5-3-12(19)9-13(14)20)26-18(25)11-2-4-15-16(8-11)22-7-6-21-15/h2-10H,1H3,(H,23,24)/t10-/m1/s1. The highest BCUT2D eigenvalue weighted by atomic mass is 35.5. The number of carbonyl (C=O) groups is 2. The molecule has 1 heterocycles. The molecule has 0 aliphatic heterocycles. The lowest BCUT2D eigenvalue weighted by molar-refractivity contribution is -0.123. The van der Waals surface area contributed by atoms with Crippen LogP contribution in [0.15, 0.2) is 48.8 Å². The summed E-state index contributed by atoms with van der Waals surface area (Å²) in [5, 5.41) is 2.56. The zero-order valence-electron chi connectivity index (χ0n) is 13.6. The van der Waals surface area contributed by atoms with E-state index in [0.717, 1.165) is 6.07 Å². The van der Waals surface area contributed by atoms with Gasteiger partial charge in [0.2, 0.25) is 0 Å². The molecule has 0 spiro atoms. The predicted octanol–water partition coefficient (Wildman–Crippen LogP) is 3.61. The molecular formula is C18H13ClFN3O3. The van der Waals surface area contributed by atoms with Gasteiger partial charge in [-0.15, -0.1) is 0 Å². The molecule has 0 aliphatic carbocycles. The molecule has 6 nitrogen and oxygen atoms in total. The van der Waals surface area contributed by atoms with Gasteiger partial charge in [0, 0.05) is 17.4 Å². The number of amides is 1. The number of nitrogens with one attached hydrogen (secondary N) is 1. The van der Waals surface area contributed by atoms with Crippen LogP contribution in [0.3, 0.4) is 0 Å². The zero-order chi connectivity index (χ0) is 18.7. The van der Waals surface area contributed by atoms with Crippen LogP contribution in [0.5, 0.6) is 0 Å². The maximum Gasteiger partial charge on any atom is 0.338 e. The van der Waals surface area contributed by atoms with E-state index in [1.807, 2.05) is 0 Å². The molecule has 1 N–H and O–H groups in total. The zero-order valence-corrected chi connectivity index (χ0v) is 14.3. The molecule has 1 atom stereocenters. The fraction of sp³-hybridized carbons (Fsp3) is 0.111. The molecule has 3 rings (SSSR count). The van der Waals surface area contributed by atoms with Gasteiger partial charge in [-0.25, -0.2) is 9.18 Å². The molecule has 0 fully saturated rings. The van der Waals surface area contributed by atoms with Gasteiger partial charge in [0.25, 0.3) is 5.91 Å². The van der Waals surface area contributed by atoms with E-state index in [9.17, 15) is 14.0 Å². The van der Waals surface area contributed by atoms with Crippen molar-refractivity contribution in [2.75, 3.05) is 5.32 Å². The lowest BCUT2D eigenvalue weighted by Crippen LogP contribution is -2.30. The van der Waals surface area contributed by atoms with Gasteiger partial charge in [-0.05, 0) is 43.3 Å². The van der Waals surface area contributed by atoms with Gasteiger partial charge in [0.05, 0.1) is 22.3 Å². The number of nitrogens with zero attached hydrogens (tertiary/aromatic N) is 2. The van der Waals surface area contributed by atoms with Crippen LogP contribution in [0.1, 0.15) is 17.3 Å². The molecule has 26 heavy (non-hydrogen) atoms. The summed E-state index contributed by atoms with van der Waals surface area (Å²) in [4.78, 5) is 32.6. The number of rotatable bonds is 4. The third-order valence-electron chi connectivity index (χ3n) is 3.55. The topological polar surface area (TPSA) is 81.2 Å². The van der Waals surface area contributed by atoms with E-state index in [0.29, 0.717) is 11.0 Å². The lowest BCUT2D eigenvalue weighted by atomic mass is 10.2. The Labute approximate surface area is 153 Å². The number of benzene rings is 2. The second-order valence-corrected chi connectivity index (χ2v) is 5.86. The minimum atomic E-state index is -1.13. The van der Waals surface area contributed by atoms with Gasteiger partial charge in [0.15, 0.2) is 6.10 Å². The van der Waals surface area contributed by atoms with E-state index in [2.05, 4.69) is 15.3 Å². The van der Waals surface area contributed by atoms with Gasteiger partial charge in [-0.2, -0.15) is 0 Å². The number of halogens is 2. The molecule has 1 amide bonds. The lowest BCUT2D eigenvalue weighted by Gasteiger charge is -2.14. The quantitative estimate of drug-likeness (QED) is 0.706. The van der Waals surface area contributed by atoms with Gasteiger partial charge < -0.3 is 10.1 Å². The first-order chi connectivity index (χ1) is 12.4. The first kappa shape index (κ1) is 17.8. The molecule has 0 bridgehead atoms. The second kappa shape index (κ2) is 7.45. The van der Waals surface area contributed by atoms with Crippen molar-refractivity contribution in [2.24, 2.45) is 0 Å². The van der Waals surface area contributed by atoms with Crippen molar-refractivity contribution in [3.8, 4) is 0 Å². The van der Waals surface area contributed by atoms with Gasteiger partial charge >= 0.3 is 5.97 Å². The normalized spacial score (nSPS) is 11.8. The molecule has 0 saturated heterocycles. The van der Waals surface area contributed by atoms with Crippen LogP contribution in [0.4, 0.5) is 10.1 Å². The van der Waals surface area contributed by atoms with Crippen LogP contribution in [0.25, 0.3) is 11.0 Å². The van der Waals surface area contributed by atoms with Crippen LogP contribution in [0.2, 0.25) is 5.02 Å². The smallest absolute Gasteiger partial charge is 0.338 e. The van der Waals surface area contributed by atoms with Crippen molar-refractivity contribution < 1.29 is 18.7 Å². The van der Waals surface area contributed by atoms with Crippen LogP contribution in [0, 0.1) is 5.82 Å². The minimum absolute atomic E-state index is 0.0525. The molecule has 1 aromatic heterocycles. The predicted molar refractivity (Wildman–Crippen MR) is 94.5 cm³/mol. The number of ether oxygens (including phenoxy) is 1. The Morgan fingerprint density at radius 2 is 1.85 bits per heavy atom. The molecular weight excluding hydrogens is 361 g/mol. The number of fused-ring (bicyclic) bond motifs is 1. The summed E-state index contributed by atoms with van der Waals surface area (Å²) in [6.45, 7) is 1.39. The number of hydrogen-bond donors (Lipinski definition) is 1. The highest BCUT2D eigenvalue weighted by Gasteiger charge is 2.20. The molecule has 8 heteroatoms. The number of hydrogen-bond acceptors (Lipinski definition) is 5. The molecule has 132 valence electrons. The first-order valence-corrected chi connectivity index (χ1v) is 7.99. The Bertz CT molecular complexity index is 996. The summed E-state index contributed by atoms with van der Waals surface area (Å²) in [7, 11) is 0. The molecule has 2 aromatic carbocycles. The van der Waals surface area contributed by atoms with E-state index in [1.54, 1.807) is 12.3 Å². The highest BCUT2D eigenvalue weighted by Crippen LogP contribution is 2.19. The SMILES string of the molecule is C[C@@H](OC(=O)c1ccc2nccnc2c1)C(=O)Nc1ccc(Cl)cc1F. The summed E-state index contributed by atoms with van der Waals surface area (Å²) >= 11 is 5.66. The number of aromatic nitrogens is 2. The van der Waals surface area contributed by atoms with E-state index < -0.39 is 23.8 Å². The number of carbonyl (C=O) groups excluding carboxylic acids is 2. The Morgan fingerprint density at radius 1 is 1.12 bits per heavy atom. The van der Waals surface area contributed by atoms with Crippen LogP contribution < -0.4 is 5.32 Å². The van der Waals surface area contributed by atoms with Crippen molar-refractivity contribution in [3.63, 3.8) is 0 Å². The summed E-state index contributed by atoms with van der Waals surface area (Å²) in [6, 6.07) is 8.52. The third kappa shape index (κ3) is 3.94.